The van der Waals surface area contributed by atoms with E-state index < -0.39 is 64.1 Å². The first-order valence-corrected chi connectivity index (χ1v) is 16.6. The van der Waals surface area contributed by atoms with Crippen molar-refractivity contribution >= 4 is 78.7 Å². The maximum atomic E-state index is 16.7. The lowest BCUT2D eigenvalue weighted by Gasteiger charge is -2.49. The zero-order chi connectivity index (χ0) is 35.9. The van der Waals surface area contributed by atoms with E-state index in [1.54, 1.807) is 53.5 Å². The summed E-state index contributed by atoms with van der Waals surface area (Å²) < 4.78 is 58.0. The summed E-state index contributed by atoms with van der Waals surface area (Å²) in [6, 6.07) is 0.804. The van der Waals surface area contributed by atoms with Gasteiger partial charge >= 0.3 is 12.2 Å². The van der Waals surface area contributed by atoms with E-state index in [1.807, 2.05) is 6.92 Å². The number of nitrogens with zero attached hydrogens (tertiary/aromatic N) is 5. The molecule has 6 rings (SSSR count). The van der Waals surface area contributed by atoms with Gasteiger partial charge in [0.2, 0.25) is 0 Å². The van der Waals surface area contributed by atoms with Gasteiger partial charge in [-0.3, -0.25) is 15.1 Å². The van der Waals surface area contributed by atoms with E-state index in [2.05, 4.69) is 15.3 Å². The molecule has 3 amide bonds. The first-order valence-electron chi connectivity index (χ1n) is 15.4. The van der Waals surface area contributed by atoms with Crippen LogP contribution in [0.1, 0.15) is 48.5 Å². The number of thiazole rings is 1. The molecule has 1 saturated heterocycles. The second kappa shape index (κ2) is 11.9. The molecule has 0 spiro atoms. The Bertz CT molecular complexity index is 2060. The molecule has 0 radical (unpaired) electrons. The summed E-state index contributed by atoms with van der Waals surface area (Å²) in [5, 5.41) is 2.34. The van der Waals surface area contributed by atoms with Crippen molar-refractivity contribution in [3.05, 3.63) is 40.8 Å². The molecule has 16 heteroatoms. The number of fused-ring (bicyclic) bond motifs is 6. The molecule has 2 aliphatic heterocycles. The lowest BCUT2D eigenvalue weighted by atomic mass is 9.96. The number of hydrogen-bond donors (Lipinski definition) is 1. The second-order valence-electron chi connectivity index (χ2n) is 14.0. The molecule has 1 N–H and O–H groups in total. The van der Waals surface area contributed by atoms with Gasteiger partial charge in [0.1, 0.15) is 34.4 Å². The Morgan fingerprint density at radius 3 is 2.33 bits per heavy atom. The Balaban J connectivity index is 1.46. The molecule has 4 aromatic rings. The molecule has 2 aromatic carbocycles. The highest BCUT2D eigenvalue weighted by Crippen LogP contribution is 2.48. The number of anilines is 3. The van der Waals surface area contributed by atoms with Crippen molar-refractivity contribution in [2.45, 2.75) is 71.8 Å². The SMILES string of the molecule is C[C@@H]1CN2c3c(cnc4c(F)c(-c5c(F)cc(F)c6sc(NC(=O)OC(C)(C)C)nc56)c(Cl)cc34)N(C)C(=O)[C@H]2CN1C(=O)OC(C)(C)C. The fourth-order valence-electron chi connectivity index (χ4n) is 6.06. The van der Waals surface area contributed by atoms with E-state index in [0.717, 1.165) is 11.3 Å². The van der Waals surface area contributed by atoms with Gasteiger partial charge in [0, 0.05) is 42.2 Å². The first kappa shape index (κ1) is 34.5. The van der Waals surface area contributed by atoms with Crippen LogP contribution < -0.4 is 15.1 Å². The molecule has 0 bridgehead atoms. The van der Waals surface area contributed by atoms with Crippen molar-refractivity contribution in [1.29, 1.82) is 0 Å². The molecular formula is C33H34ClF3N6O5S. The highest BCUT2D eigenvalue weighted by atomic mass is 35.5. The molecule has 1 fully saturated rings. The average molecular weight is 719 g/mol. The maximum Gasteiger partial charge on any atom is 0.413 e. The highest BCUT2D eigenvalue weighted by Gasteiger charge is 2.46. The van der Waals surface area contributed by atoms with Crippen molar-refractivity contribution < 1.29 is 37.0 Å². The summed E-state index contributed by atoms with van der Waals surface area (Å²) in [5.74, 6) is -3.39. The predicted octanol–water partition coefficient (Wildman–Crippen LogP) is 7.72. The van der Waals surface area contributed by atoms with E-state index in [-0.39, 0.29) is 50.3 Å². The number of hydrogen-bond acceptors (Lipinski definition) is 9. The van der Waals surface area contributed by atoms with Gasteiger partial charge in [-0.2, -0.15) is 0 Å². The Labute approximate surface area is 288 Å². The summed E-state index contributed by atoms with van der Waals surface area (Å²) in [6.07, 6.45) is -0.0704. The normalized spacial score (nSPS) is 18.1. The lowest BCUT2D eigenvalue weighted by molar-refractivity contribution is -0.121. The van der Waals surface area contributed by atoms with Crippen molar-refractivity contribution in [2.75, 3.05) is 35.3 Å². The number of halogens is 4. The summed E-state index contributed by atoms with van der Waals surface area (Å²) in [7, 11) is 1.56. The van der Waals surface area contributed by atoms with Crippen LogP contribution in [-0.2, 0) is 14.3 Å². The number of aromatic nitrogens is 2. The molecule has 2 atom stereocenters. The summed E-state index contributed by atoms with van der Waals surface area (Å²) in [6.45, 7) is 12.3. The Hall–Kier alpha value is -4.37. The maximum absolute atomic E-state index is 16.7. The van der Waals surface area contributed by atoms with E-state index >= 15 is 13.2 Å². The van der Waals surface area contributed by atoms with E-state index in [1.165, 1.54) is 22.1 Å². The average Bonchev–Trinajstić information content (AvgIpc) is 3.38. The minimum absolute atomic E-state index is 0.0130. The van der Waals surface area contributed by atoms with E-state index in [4.69, 9.17) is 21.1 Å². The monoisotopic (exact) mass is 718 g/mol. The number of piperazine rings is 1. The van der Waals surface area contributed by atoms with Crippen LogP contribution in [0, 0.1) is 17.5 Å². The Morgan fingerprint density at radius 1 is 1.00 bits per heavy atom. The van der Waals surface area contributed by atoms with Crippen LogP contribution in [0.25, 0.3) is 32.2 Å². The van der Waals surface area contributed by atoms with E-state index in [0.29, 0.717) is 17.4 Å². The Morgan fingerprint density at radius 2 is 1.67 bits per heavy atom. The van der Waals surface area contributed by atoms with Crippen LogP contribution in [0.4, 0.5) is 39.3 Å². The van der Waals surface area contributed by atoms with E-state index in [9.17, 15) is 14.4 Å². The van der Waals surface area contributed by atoms with Gasteiger partial charge in [0.05, 0.1) is 39.4 Å². The van der Waals surface area contributed by atoms with Gasteiger partial charge in [-0.25, -0.2) is 27.7 Å². The largest absolute Gasteiger partial charge is 0.444 e. The fourth-order valence-corrected chi connectivity index (χ4v) is 7.22. The number of carbonyl (C=O) groups excluding carboxylic acids is 3. The van der Waals surface area contributed by atoms with Gasteiger partial charge in [-0.15, -0.1) is 0 Å². The third-order valence-corrected chi connectivity index (χ3v) is 9.35. The third-order valence-electron chi connectivity index (χ3n) is 8.07. The van der Waals surface area contributed by atoms with Crippen LogP contribution in [0.3, 0.4) is 0 Å². The minimum atomic E-state index is -1.13. The summed E-state index contributed by atoms with van der Waals surface area (Å²) >= 11 is 7.47. The number of nitrogens with one attached hydrogen (secondary N) is 1. The van der Waals surface area contributed by atoms with Crippen molar-refractivity contribution in [3.8, 4) is 11.1 Å². The molecule has 11 nitrogen and oxygen atoms in total. The third kappa shape index (κ3) is 6.18. The summed E-state index contributed by atoms with van der Waals surface area (Å²) in [5.41, 5.74) is -1.98. The molecule has 2 aromatic heterocycles. The summed E-state index contributed by atoms with van der Waals surface area (Å²) in [4.78, 5) is 52.3. The second-order valence-corrected chi connectivity index (χ2v) is 15.4. The van der Waals surface area contributed by atoms with Crippen molar-refractivity contribution in [2.24, 2.45) is 0 Å². The molecule has 0 saturated carbocycles. The smallest absolute Gasteiger partial charge is 0.413 e. The van der Waals surface area contributed by atoms with Crippen LogP contribution in [0.15, 0.2) is 18.3 Å². The van der Waals surface area contributed by atoms with Gasteiger partial charge in [-0.05, 0) is 54.5 Å². The van der Waals surface area contributed by atoms with Crippen molar-refractivity contribution in [1.82, 2.24) is 14.9 Å². The molecule has 0 aliphatic carbocycles. The van der Waals surface area contributed by atoms with Crippen molar-refractivity contribution in [3.63, 3.8) is 0 Å². The number of ether oxygens (including phenoxy) is 2. The fraction of sp³-hybridized carbons (Fsp3) is 0.424. The molecular weight excluding hydrogens is 685 g/mol. The van der Waals surface area contributed by atoms with Gasteiger partial charge in [0.25, 0.3) is 5.91 Å². The minimum Gasteiger partial charge on any atom is -0.444 e. The van der Waals surface area contributed by atoms with Gasteiger partial charge in [-0.1, -0.05) is 22.9 Å². The lowest BCUT2D eigenvalue weighted by Crippen LogP contribution is -2.66. The Kier molecular flexibility index (Phi) is 8.38. The molecule has 2 aliphatic rings. The number of rotatable bonds is 2. The number of likely N-dealkylation sites (N-methyl/N-ethyl adjacent to an activating group) is 1. The molecule has 260 valence electrons. The first-order chi connectivity index (χ1) is 22.8. The molecule has 4 heterocycles. The number of amides is 3. The van der Waals surface area contributed by atoms with Crippen LogP contribution in [-0.4, -0.2) is 76.4 Å². The molecule has 0 unspecified atom stereocenters. The highest BCUT2D eigenvalue weighted by molar-refractivity contribution is 7.22. The topological polar surface area (TPSA) is 117 Å². The number of pyridine rings is 1. The van der Waals surface area contributed by atoms with Crippen LogP contribution >= 0.6 is 22.9 Å². The zero-order valence-electron chi connectivity index (χ0n) is 28.0. The van der Waals surface area contributed by atoms with Gasteiger partial charge in [0.15, 0.2) is 10.9 Å². The van der Waals surface area contributed by atoms with Crippen LogP contribution in [0.2, 0.25) is 5.02 Å². The standard InChI is InChI=1S/C33H34ClF3N6O5S/c1-14-12-43-20(13-42(14)31(46)48-33(5,6)7)28(44)41(8)19-11-38-24-15(26(19)43)9-16(34)21(23(24)37)22-17(35)10-18(36)27-25(22)39-29(49-27)40-30(45)47-32(2,3)4/h9-11,14,20H,12-13H2,1-8H3,(H,39,40,45)/t14-,20-/m1/s1. The predicted molar refractivity (Wildman–Crippen MR) is 182 cm³/mol. The zero-order valence-corrected chi connectivity index (χ0v) is 29.6. The van der Waals surface area contributed by atoms with Crippen LogP contribution in [0.5, 0.6) is 0 Å². The van der Waals surface area contributed by atoms with Gasteiger partial charge < -0.3 is 24.2 Å². The quantitative estimate of drug-likeness (QED) is 0.224. The molecule has 49 heavy (non-hydrogen) atoms. The number of carbonyl (C=O) groups is 3. The number of benzene rings is 2.